The molecule has 1 atom stereocenters. The SMILES string of the molecule is COCC(C)CNc1cccc(NC(N)=O)c1. The van der Waals surface area contributed by atoms with Crippen LogP contribution in [0, 0.1) is 5.92 Å². The zero-order valence-electron chi connectivity index (χ0n) is 10.2. The number of rotatable bonds is 6. The van der Waals surface area contributed by atoms with Crippen molar-refractivity contribution in [1.82, 2.24) is 0 Å². The van der Waals surface area contributed by atoms with Crippen LogP contribution < -0.4 is 16.4 Å². The molecule has 0 aliphatic heterocycles. The minimum absolute atomic E-state index is 0.424. The van der Waals surface area contributed by atoms with Crippen molar-refractivity contribution in [3.8, 4) is 0 Å². The molecule has 1 aromatic carbocycles. The Labute approximate surface area is 101 Å². The van der Waals surface area contributed by atoms with Gasteiger partial charge in [-0.3, -0.25) is 0 Å². The van der Waals surface area contributed by atoms with Gasteiger partial charge in [0.05, 0.1) is 6.61 Å². The number of anilines is 2. The van der Waals surface area contributed by atoms with Gasteiger partial charge in [-0.15, -0.1) is 0 Å². The van der Waals surface area contributed by atoms with Crippen LogP contribution in [0.4, 0.5) is 16.2 Å². The average molecular weight is 237 g/mol. The second-order valence-corrected chi connectivity index (χ2v) is 4.01. The lowest BCUT2D eigenvalue weighted by Crippen LogP contribution is -2.19. The molecule has 2 amide bonds. The Morgan fingerprint density at radius 1 is 1.47 bits per heavy atom. The minimum Gasteiger partial charge on any atom is -0.385 e. The van der Waals surface area contributed by atoms with Gasteiger partial charge in [0.1, 0.15) is 0 Å². The number of primary amides is 1. The van der Waals surface area contributed by atoms with Crippen LogP contribution >= 0.6 is 0 Å². The topological polar surface area (TPSA) is 76.4 Å². The summed E-state index contributed by atoms with van der Waals surface area (Å²) in [6.45, 7) is 3.63. The van der Waals surface area contributed by atoms with E-state index in [2.05, 4.69) is 17.6 Å². The lowest BCUT2D eigenvalue weighted by molar-refractivity contribution is 0.164. The highest BCUT2D eigenvalue weighted by molar-refractivity contribution is 5.88. The first-order chi connectivity index (χ1) is 8.11. The lowest BCUT2D eigenvalue weighted by atomic mass is 10.2. The first-order valence-corrected chi connectivity index (χ1v) is 5.51. The van der Waals surface area contributed by atoms with E-state index >= 15 is 0 Å². The van der Waals surface area contributed by atoms with E-state index in [0.717, 1.165) is 12.2 Å². The van der Waals surface area contributed by atoms with Crippen molar-refractivity contribution >= 4 is 17.4 Å². The Bertz CT molecular complexity index is 369. The van der Waals surface area contributed by atoms with Gasteiger partial charge in [0.2, 0.25) is 0 Å². The molecule has 0 fully saturated rings. The Kier molecular flexibility index (Phi) is 5.29. The number of nitrogens with two attached hydrogens (primary N) is 1. The first kappa shape index (κ1) is 13.3. The van der Waals surface area contributed by atoms with Gasteiger partial charge in [-0.25, -0.2) is 4.79 Å². The molecule has 5 heteroatoms. The summed E-state index contributed by atoms with van der Waals surface area (Å²) in [6, 6.07) is 6.86. The molecule has 0 aromatic heterocycles. The Balaban J connectivity index is 2.50. The number of methoxy groups -OCH3 is 1. The molecule has 0 spiro atoms. The van der Waals surface area contributed by atoms with E-state index < -0.39 is 6.03 Å². The molecule has 4 N–H and O–H groups in total. The molecule has 0 heterocycles. The van der Waals surface area contributed by atoms with Gasteiger partial charge >= 0.3 is 6.03 Å². The number of benzene rings is 1. The van der Waals surface area contributed by atoms with E-state index in [1.165, 1.54) is 0 Å². The zero-order valence-corrected chi connectivity index (χ0v) is 10.2. The summed E-state index contributed by atoms with van der Waals surface area (Å²) in [6.07, 6.45) is 0. The van der Waals surface area contributed by atoms with E-state index in [-0.39, 0.29) is 0 Å². The van der Waals surface area contributed by atoms with Gasteiger partial charge in [-0.2, -0.15) is 0 Å². The minimum atomic E-state index is -0.560. The standard InChI is InChI=1S/C12H19N3O2/c1-9(8-17-2)7-14-10-4-3-5-11(6-10)15-12(13)16/h3-6,9,14H,7-8H2,1-2H3,(H3,13,15,16). The Morgan fingerprint density at radius 3 is 2.82 bits per heavy atom. The number of hydrogen-bond acceptors (Lipinski definition) is 3. The fraction of sp³-hybridized carbons (Fsp3) is 0.417. The van der Waals surface area contributed by atoms with E-state index in [1.54, 1.807) is 13.2 Å². The first-order valence-electron chi connectivity index (χ1n) is 5.51. The molecule has 17 heavy (non-hydrogen) atoms. The van der Waals surface area contributed by atoms with Gasteiger partial charge in [0, 0.05) is 25.0 Å². The summed E-state index contributed by atoms with van der Waals surface area (Å²) in [7, 11) is 1.69. The third-order valence-corrected chi connectivity index (χ3v) is 2.24. The van der Waals surface area contributed by atoms with E-state index in [9.17, 15) is 4.79 Å². The van der Waals surface area contributed by atoms with Crippen LogP contribution in [-0.2, 0) is 4.74 Å². The molecule has 0 aliphatic carbocycles. The van der Waals surface area contributed by atoms with Gasteiger partial charge < -0.3 is 21.1 Å². The van der Waals surface area contributed by atoms with Gasteiger partial charge in [-0.05, 0) is 24.1 Å². The van der Waals surface area contributed by atoms with Crippen molar-refractivity contribution < 1.29 is 9.53 Å². The van der Waals surface area contributed by atoms with Crippen LogP contribution in [0.15, 0.2) is 24.3 Å². The molecular formula is C12H19N3O2. The maximum Gasteiger partial charge on any atom is 0.316 e. The third-order valence-electron chi connectivity index (χ3n) is 2.24. The third kappa shape index (κ3) is 5.21. The number of carbonyl (C=O) groups is 1. The van der Waals surface area contributed by atoms with Gasteiger partial charge in [-0.1, -0.05) is 13.0 Å². The molecule has 94 valence electrons. The molecule has 1 aromatic rings. The van der Waals surface area contributed by atoms with Crippen molar-refractivity contribution in [2.45, 2.75) is 6.92 Å². The predicted molar refractivity (Wildman–Crippen MR) is 69.2 cm³/mol. The monoisotopic (exact) mass is 237 g/mol. The van der Waals surface area contributed by atoms with Crippen LogP contribution in [0.25, 0.3) is 0 Å². The summed E-state index contributed by atoms with van der Waals surface area (Å²) in [5.74, 6) is 0.424. The van der Waals surface area contributed by atoms with E-state index in [4.69, 9.17) is 10.5 Å². The van der Waals surface area contributed by atoms with Crippen LogP contribution in [0.3, 0.4) is 0 Å². The number of nitrogens with one attached hydrogen (secondary N) is 2. The fourth-order valence-corrected chi connectivity index (χ4v) is 1.48. The summed E-state index contributed by atoms with van der Waals surface area (Å²) >= 11 is 0. The maximum atomic E-state index is 10.7. The highest BCUT2D eigenvalue weighted by atomic mass is 16.5. The van der Waals surface area contributed by atoms with Crippen LogP contribution in [0.1, 0.15) is 6.92 Å². The van der Waals surface area contributed by atoms with Crippen molar-refractivity contribution in [2.24, 2.45) is 11.7 Å². The molecule has 0 saturated carbocycles. The lowest BCUT2D eigenvalue weighted by Gasteiger charge is -2.13. The van der Waals surface area contributed by atoms with Crippen molar-refractivity contribution in [1.29, 1.82) is 0 Å². The largest absolute Gasteiger partial charge is 0.385 e. The molecular weight excluding hydrogens is 218 g/mol. The van der Waals surface area contributed by atoms with Crippen LogP contribution in [0.2, 0.25) is 0 Å². The average Bonchev–Trinajstić information content (AvgIpc) is 2.26. The van der Waals surface area contributed by atoms with Crippen molar-refractivity contribution in [3.63, 3.8) is 0 Å². The number of hydrogen-bond donors (Lipinski definition) is 3. The van der Waals surface area contributed by atoms with Crippen LogP contribution in [-0.4, -0.2) is 26.3 Å². The molecule has 1 unspecified atom stereocenters. The van der Waals surface area contributed by atoms with E-state index in [0.29, 0.717) is 18.2 Å². The summed E-state index contributed by atoms with van der Waals surface area (Å²) in [4.78, 5) is 10.7. The fourth-order valence-electron chi connectivity index (χ4n) is 1.48. The normalized spacial score (nSPS) is 11.9. The second-order valence-electron chi connectivity index (χ2n) is 4.01. The molecule has 0 radical (unpaired) electrons. The quantitative estimate of drug-likeness (QED) is 0.707. The maximum absolute atomic E-state index is 10.7. The predicted octanol–water partition coefficient (Wildman–Crippen LogP) is 1.87. The summed E-state index contributed by atoms with van der Waals surface area (Å²) < 4.78 is 5.05. The highest BCUT2D eigenvalue weighted by Gasteiger charge is 2.02. The van der Waals surface area contributed by atoms with Gasteiger partial charge in [0.15, 0.2) is 0 Å². The van der Waals surface area contributed by atoms with Crippen molar-refractivity contribution in [2.75, 3.05) is 30.9 Å². The number of amides is 2. The molecule has 5 nitrogen and oxygen atoms in total. The number of urea groups is 1. The molecule has 0 aliphatic rings. The Hall–Kier alpha value is -1.75. The second kappa shape index (κ2) is 6.75. The van der Waals surface area contributed by atoms with Crippen molar-refractivity contribution in [3.05, 3.63) is 24.3 Å². The Morgan fingerprint density at radius 2 is 2.18 bits per heavy atom. The number of ether oxygens (including phenoxy) is 1. The summed E-state index contributed by atoms with van der Waals surface area (Å²) in [5.41, 5.74) is 6.68. The zero-order chi connectivity index (χ0) is 12.7. The smallest absolute Gasteiger partial charge is 0.316 e. The van der Waals surface area contributed by atoms with Crippen LogP contribution in [0.5, 0.6) is 0 Å². The molecule has 0 bridgehead atoms. The number of carbonyl (C=O) groups excluding carboxylic acids is 1. The molecule has 1 rings (SSSR count). The highest BCUT2D eigenvalue weighted by Crippen LogP contribution is 2.15. The molecule has 0 saturated heterocycles. The van der Waals surface area contributed by atoms with Gasteiger partial charge in [0.25, 0.3) is 0 Å². The van der Waals surface area contributed by atoms with E-state index in [1.807, 2.05) is 18.2 Å². The summed E-state index contributed by atoms with van der Waals surface area (Å²) in [5, 5.41) is 5.80.